The molecule has 6 heteroatoms. The molecule has 0 spiro atoms. The molecule has 1 aromatic rings. The van der Waals surface area contributed by atoms with E-state index in [4.69, 9.17) is 0 Å². The van der Waals surface area contributed by atoms with Crippen LogP contribution in [0.15, 0.2) is 18.2 Å². The molecule has 174 valence electrons. The molecule has 4 rings (SSSR count). The summed E-state index contributed by atoms with van der Waals surface area (Å²) in [7, 11) is 1.64. The van der Waals surface area contributed by atoms with Crippen LogP contribution in [0.3, 0.4) is 0 Å². The minimum absolute atomic E-state index is 0.0207. The molecule has 3 aliphatic rings. The number of fused-ring (bicyclic) bond motifs is 5. The van der Waals surface area contributed by atoms with E-state index in [1.54, 1.807) is 18.0 Å². The first-order chi connectivity index (χ1) is 15.2. The smallest absolute Gasteiger partial charge is 0.335 e. The van der Waals surface area contributed by atoms with E-state index in [2.05, 4.69) is 6.92 Å². The molecule has 0 radical (unpaired) electrons. The monoisotopic (exact) mass is 440 g/mol. The van der Waals surface area contributed by atoms with Crippen molar-refractivity contribution in [1.82, 2.24) is 9.80 Å². The first-order valence-corrected chi connectivity index (χ1v) is 12.2. The summed E-state index contributed by atoms with van der Waals surface area (Å²) in [6.45, 7) is 7.36. The average molecular weight is 441 g/mol. The van der Waals surface area contributed by atoms with E-state index in [0.29, 0.717) is 36.4 Å². The van der Waals surface area contributed by atoms with Gasteiger partial charge in [0.15, 0.2) is 0 Å². The quantitative estimate of drug-likeness (QED) is 0.731. The number of carboxylic acid groups (broad SMARTS) is 1. The van der Waals surface area contributed by atoms with Crippen molar-refractivity contribution in [3.63, 3.8) is 0 Å². The predicted octanol–water partition coefficient (Wildman–Crippen LogP) is 4.78. The summed E-state index contributed by atoms with van der Waals surface area (Å²) >= 11 is 0. The maximum Gasteiger partial charge on any atom is 0.335 e. The highest BCUT2D eigenvalue weighted by atomic mass is 16.4. The third kappa shape index (κ3) is 3.52. The van der Waals surface area contributed by atoms with Crippen LogP contribution in [-0.4, -0.2) is 53.0 Å². The molecule has 0 unspecified atom stereocenters. The van der Waals surface area contributed by atoms with Crippen LogP contribution in [0, 0.1) is 23.2 Å². The zero-order valence-corrected chi connectivity index (χ0v) is 19.8. The number of hydrogen-bond acceptors (Lipinski definition) is 3. The lowest BCUT2D eigenvalue weighted by Gasteiger charge is -2.51. The fourth-order valence-corrected chi connectivity index (χ4v) is 7.16. The number of carboxylic acids is 1. The number of amides is 3. The van der Waals surface area contributed by atoms with Gasteiger partial charge in [0.1, 0.15) is 0 Å². The van der Waals surface area contributed by atoms with Crippen molar-refractivity contribution >= 4 is 17.9 Å². The van der Waals surface area contributed by atoms with E-state index in [1.165, 1.54) is 16.0 Å². The summed E-state index contributed by atoms with van der Waals surface area (Å²) in [5.41, 5.74) is 2.80. The molecule has 5 atom stereocenters. The molecule has 0 heterocycles. The van der Waals surface area contributed by atoms with E-state index in [9.17, 15) is 19.5 Å². The molecule has 0 saturated heterocycles. The van der Waals surface area contributed by atoms with Crippen LogP contribution in [0.1, 0.15) is 80.3 Å². The summed E-state index contributed by atoms with van der Waals surface area (Å²) in [4.78, 5) is 40.7. The van der Waals surface area contributed by atoms with Crippen molar-refractivity contribution in [3.05, 3.63) is 34.9 Å². The summed E-state index contributed by atoms with van der Waals surface area (Å²) in [5.74, 6) is 0.453. The number of hydrogen-bond donors (Lipinski definition) is 1. The number of carbonyl (C=O) groups is 3. The first kappa shape index (κ1) is 22.8. The van der Waals surface area contributed by atoms with Crippen LogP contribution >= 0.6 is 0 Å². The van der Waals surface area contributed by atoms with Gasteiger partial charge in [0, 0.05) is 26.1 Å². The molecule has 0 bridgehead atoms. The summed E-state index contributed by atoms with van der Waals surface area (Å²) in [5, 5.41) is 9.34. The molecule has 1 N–H and O–H groups in total. The lowest BCUT2D eigenvalue weighted by Crippen LogP contribution is -2.50. The SMILES string of the molecule is CCN(CC)C(=O)N(C)C(=O)[C@H]1CC[C@H]2[C@@H]3CCc4cc(C(=O)O)ccc4[C@H]3CC[C@]12C. The fraction of sp³-hybridized carbons (Fsp3) is 0.654. The summed E-state index contributed by atoms with van der Waals surface area (Å²) in [6, 6.07) is 5.44. The van der Waals surface area contributed by atoms with Crippen molar-refractivity contribution in [2.75, 3.05) is 20.1 Å². The van der Waals surface area contributed by atoms with Gasteiger partial charge in [0.05, 0.1) is 5.56 Å². The van der Waals surface area contributed by atoms with Crippen LogP contribution in [0.25, 0.3) is 0 Å². The van der Waals surface area contributed by atoms with Crippen molar-refractivity contribution in [1.29, 1.82) is 0 Å². The normalized spacial score (nSPS) is 30.6. The molecule has 0 aromatic heterocycles. The molecule has 0 aliphatic heterocycles. The first-order valence-electron chi connectivity index (χ1n) is 12.2. The Bertz CT molecular complexity index is 924. The Morgan fingerprint density at radius 3 is 2.47 bits per heavy atom. The van der Waals surface area contributed by atoms with Gasteiger partial charge < -0.3 is 10.0 Å². The number of aryl methyl sites for hydroxylation is 1. The number of benzene rings is 1. The lowest BCUT2D eigenvalue weighted by atomic mass is 9.54. The maximum absolute atomic E-state index is 13.5. The molecule has 2 fully saturated rings. The zero-order valence-electron chi connectivity index (χ0n) is 19.8. The Kier molecular flexibility index (Phi) is 6.08. The second kappa shape index (κ2) is 8.53. The second-order valence-corrected chi connectivity index (χ2v) is 10.2. The predicted molar refractivity (Wildman–Crippen MR) is 123 cm³/mol. The number of carbonyl (C=O) groups excluding carboxylic acids is 2. The minimum Gasteiger partial charge on any atom is -0.478 e. The Balaban J connectivity index is 1.55. The number of rotatable bonds is 4. The number of urea groups is 1. The lowest BCUT2D eigenvalue weighted by molar-refractivity contribution is -0.137. The largest absolute Gasteiger partial charge is 0.478 e. The molecule has 1 aromatic carbocycles. The third-order valence-electron chi connectivity index (χ3n) is 8.92. The Hall–Kier alpha value is -2.37. The van der Waals surface area contributed by atoms with E-state index in [0.717, 1.165) is 38.5 Å². The topological polar surface area (TPSA) is 77.9 Å². The van der Waals surface area contributed by atoms with Crippen LogP contribution in [0.5, 0.6) is 0 Å². The fourth-order valence-electron chi connectivity index (χ4n) is 7.16. The van der Waals surface area contributed by atoms with E-state index in [1.807, 2.05) is 26.0 Å². The minimum atomic E-state index is -0.869. The van der Waals surface area contributed by atoms with E-state index in [-0.39, 0.29) is 23.3 Å². The highest BCUT2D eigenvalue weighted by Gasteiger charge is 2.57. The van der Waals surface area contributed by atoms with Crippen LogP contribution in [-0.2, 0) is 11.2 Å². The second-order valence-electron chi connectivity index (χ2n) is 10.2. The van der Waals surface area contributed by atoms with Gasteiger partial charge in [-0.05, 0) is 98.8 Å². The van der Waals surface area contributed by atoms with Gasteiger partial charge in [0.25, 0.3) is 0 Å². The number of imide groups is 1. The highest BCUT2D eigenvalue weighted by molar-refractivity contribution is 5.95. The average Bonchev–Trinajstić information content (AvgIpc) is 3.15. The van der Waals surface area contributed by atoms with Gasteiger partial charge in [-0.2, -0.15) is 0 Å². The molecular formula is C26H36N2O4. The molecule has 3 amide bonds. The van der Waals surface area contributed by atoms with Crippen molar-refractivity contribution in [2.24, 2.45) is 23.2 Å². The van der Waals surface area contributed by atoms with Gasteiger partial charge in [-0.1, -0.05) is 13.0 Å². The molecule has 6 nitrogen and oxygen atoms in total. The summed E-state index contributed by atoms with van der Waals surface area (Å²) < 4.78 is 0. The van der Waals surface area contributed by atoms with Gasteiger partial charge in [-0.25, -0.2) is 9.59 Å². The maximum atomic E-state index is 13.5. The van der Waals surface area contributed by atoms with Gasteiger partial charge >= 0.3 is 12.0 Å². The van der Waals surface area contributed by atoms with Crippen molar-refractivity contribution in [3.8, 4) is 0 Å². The van der Waals surface area contributed by atoms with Crippen molar-refractivity contribution in [2.45, 2.75) is 65.2 Å². The Morgan fingerprint density at radius 1 is 1.09 bits per heavy atom. The van der Waals surface area contributed by atoms with Crippen LogP contribution in [0.4, 0.5) is 4.79 Å². The van der Waals surface area contributed by atoms with Gasteiger partial charge in [-0.15, -0.1) is 0 Å². The third-order valence-corrected chi connectivity index (χ3v) is 8.92. The van der Waals surface area contributed by atoms with E-state index >= 15 is 0 Å². The van der Waals surface area contributed by atoms with Crippen LogP contribution < -0.4 is 0 Å². The molecular weight excluding hydrogens is 404 g/mol. The molecule has 3 aliphatic carbocycles. The summed E-state index contributed by atoms with van der Waals surface area (Å²) in [6.07, 6.45) is 5.84. The van der Waals surface area contributed by atoms with Gasteiger partial charge in [-0.3, -0.25) is 9.69 Å². The zero-order chi connectivity index (χ0) is 23.2. The van der Waals surface area contributed by atoms with Crippen LogP contribution in [0.2, 0.25) is 0 Å². The van der Waals surface area contributed by atoms with Gasteiger partial charge in [0.2, 0.25) is 5.91 Å². The standard InChI is InChI=1S/C26H36N2O4/c1-5-28(6-2)25(32)27(4)23(29)22-12-11-21-20-10-7-16-15-17(24(30)31)8-9-18(16)19(20)13-14-26(21,22)3/h8-9,15,19-22H,5-7,10-14H2,1-4H3,(H,30,31)/t19-,20-,21+,22-,26+/m1/s1. The molecule has 32 heavy (non-hydrogen) atoms. The molecule has 2 saturated carbocycles. The number of aromatic carboxylic acids is 1. The highest BCUT2D eigenvalue weighted by Crippen LogP contribution is 2.63. The number of nitrogens with zero attached hydrogens (tertiary/aromatic N) is 2. The Morgan fingerprint density at radius 2 is 1.81 bits per heavy atom. The van der Waals surface area contributed by atoms with E-state index < -0.39 is 5.97 Å². The van der Waals surface area contributed by atoms with Crippen molar-refractivity contribution < 1.29 is 19.5 Å². The Labute approximate surface area is 191 Å².